The third-order valence-electron chi connectivity index (χ3n) is 3.21. The number of nitrogens with one attached hydrogen (secondary N) is 1. The van der Waals surface area contributed by atoms with Gasteiger partial charge in [0.05, 0.1) is 6.04 Å². The molecule has 1 atom stereocenters. The average molecular weight is 241 g/mol. The zero-order valence-corrected chi connectivity index (χ0v) is 10.9. The maximum atomic E-state index is 6.01. The summed E-state index contributed by atoms with van der Waals surface area (Å²) >= 11 is 0. The highest BCUT2D eigenvalue weighted by Crippen LogP contribution is 2.25. The van der Waals surface area contributed by atoms with Gasteiger partial charge in [0.1, 0.15) is 0 Å². The van der Waals surface area contributed by atoms with Crippen LogP contribution in [0.4, 0.5) is 5.69 Å². The predicted molar refractivity (Wildman–Crippen MR) is 75.4 cm³/mol. The van der Waals surface area contributed by atoms with Crippen molar-refractivity contribution in [1.82, 2.24) is 10.3 Å². The number of nitrogen functional groups attached to an aromatic ring is 1. The van der Waals surface area contributed by atoms with Crippen LogP contribution in [-0.2, 0) is 6.42 Å². The Labute approximate surface area is 108 Å². The van der Waals surface area contributed by atoms with Gasteiger partial charge < -0.3 is 11.1 Å². The second kappa shape index (κ2) is 5.65. The highest BCUT2D eigenvalue weighted by molar-refractivity contribution is 5.49. The molecule has 0 aliphatic carbocycles. The number of nitrogens with zero attached hydrogens (tertiary/aromatic N) is 1. The normalized spacial score (nSPS) is 12.3. The number of aryl methyl sites for hydroxylation is 1. The molecule has 0 aliphatic heterocycles. The van der Waals surface area contributed by atoms with Crippen LogP contribution in [0.1, 0.15) is 29.7 Å². The van der Waals surface area contributed by atoms with Gasteiger partial charge in [-0.2, -0.15) is 0 Å². The average Bonchev–Trinajstić information content (AvgIpc) is 2.42. The summed E-state index contributed by atoms with van der Waals surface area (Å²) in [4.78, 5) is 4.15. The molecule has 1 aromatic carbocycles. The van der Waals surface area contributed by atoms with E-state index < -0.39 is 0 Å². The monoisotopic (exact) mass is 241 g/mol. The van der Waals surface area contributed by atoms with Crippen molar-refractivity contribution in [3.8, 4) is 0 Å². The molecular formula is C15H19N3. The lowest BCUT2D eigenvalue weighted by Gasteiger charge is -2.18. The maximum absolute atomic E-state index is 6.01. The Morgan fingerprint density at radius 2 is 1.94 bits per heavy atom. The van der Waals surface area contributed by atoms with Gasteiger partial charge >= 0.3 is 0 Å². The summed E-state index contributed by atoms with van der Waals surface area (Å²) in [5.41, 5.74) is 10.3. The van der Waals surface area contributed by atoms with E-state index in [0.717, 1.165) is 17.7 Å². The van der Waals surface area contributed by atoms with Crippen LogP contribution in [0.15, 0.2) is 42.7 Å². The van der Waals surface area contributed by atoms with Crippen LogP contribution in [0.5, 0.6) is 0 Å². The van der Waals surface area contributed by atoms with Crippen LogP contribution in [0.3, 0.4) is 0 Å². The molecule has 0 bridgehead atoms. The summed E-state index contributed by atoms with van der Waals surface area (Å²) in [6, 6.07) is 10.5. The SMILES string of the molecule is CCc1ccc(C(NC)c2cnccc2N)cc1. The number of hydrogen-bond acceptors (Lipinski definition) is 3. The van der Waals surface area contributed by atoms with Gasteiger partial charge in [-0.1, -0.05) is 31.2 Å². The molecule has 0 fully saturated rings. The van der Waals surface area contributed by atoms with Crippen LogP contribution < -0.4 is 11.1 Å². The van der Waals surface area contributed by atoms with Crippen molar-refractivity contribution >= 4 is 5.69 Å². The molecular weight excluding hydrogens is 222 g/mol. The molecule has 18 heavy (non-hydrogen) atoms. The van der Waals surface area contributed by atoms with Gasteiger partial charge in [0.25, 0.3) is 0 Å². The Kier molecular flexibility index (Phi) is 3.95. The number of benzene rings is 1. The van der Waals surface area contributed by atoms with Crippen molar-refractivity contribution in [2.75, 3.05) is 12.8 Å². The Morgan fingerprint density at radius 1 is 1.22 bits per heavy atom. The van der Waals surface area contributed by atoms with E-state index in [0.29, 0.717) is 0 Å². The summed E-state index contributed by atoms with van der Waals surface area (Å²) in [6.45, 7) is 2.16. The minimum absolute atomic E-state index is 0.0876. The smallest absolute Gasteiger partial charge is 0.0610 e. The summed E-state index contributed by atoms with van der Waals surface area (Å²) in [6.07, 6.45) is 4.59. The van der Waals surface area contributed by atoms with Crippen LogP contribution >= 0.6 is 0 Å². The number of nitrogens with two attached hydrogens (primary N) is 1. The van der Waals surface area contributed by atoms with E-state index in [2.05, 4.69) is 41.5 Å². The topological polar surface area (TPSA) is 50.9 Å². The molecule has 0 spiro atoms. The zero-order chi connectivity index (χ0) is 13.0. The minimum atomic E-state index is 0.0876. The first-order chi connectivity index (χ1) is 8.76. The molecule has 1 heterocycles. The summed E-state index contributed by atoms with van der Waals surface area (Å²) < 4.78 is 0. The molecule has 94 valence electrons. The van der Waals surface area contributed by atoms with E-state index >= 15 is 0 Å². The third kappa shape index (κ3) is 2.51. The van der Waals surface area contributed by atoms with Crippen molar-refractivity contribution in [3.63, 3.8) is 0 Å². The van der Waals surface area contributed by atoms with Crippen molar-refractivity contribution < 1.29 is 0 Å². The molecule has 3 heteroatoms. The van der Waals surface area contributed by atoms with E-state index in [9.17, 15) is 0 Å². The van der Waals surface area contributed by atoms with Gasteiger partial charge in [-0.05, 0) is 30.7 Å². The van der Waals surface area contributed by atoms with Crippen LogP contribution in [0.25, 0.3) is 0 Å². The first kappa shape index (κ1) is 12.6. The molecule has 1 aromatic heterocycles. The van der Waals surface area contributed by atoms with Gasteiger partial charge in [-0.3, -0.25) is 4.98 Å². The zero-order valence-electron chi connectivity index (χ0n) is 10.9. The summed E-state index contributed by atoms with van der Waals surface area (Å²) in [7, 11) is 1.94. The number of pyridine rings is 1. The molecule has 2 aromatic rings. The third-order valence-corrected chi connectivity index (χ3v) is 3.21. The molecule has 3 nitrogen and oxygen atoms in total. The van der Waals surface area contributed by atoms with Gasteiger partial charge in [-0.25, -0.2) is 0 Å². The van der Waals surface area contributed by atoms with E-state index in [-0.39, 0.29) is 6.04 Å². The number of hydrogen-bond donors (Lipinski definition) is 2. The van der Waals surface area contributed by atoms with E-state index in [1.807, 2.05) is 19.3 Å². The fourth-order valence-corrected chi connectivity index (χ4v) is 2.11. The molecule has 0 saturated heterocycles. The largest absolute Gasteiger partial charge is 0.398 e. The maximum Gasteiger partial charge on any atom is 0.0610 e. The predicted octanol–water partition coefficient (Wildman–Crippen LogP) is 2.54. The summed E-state index contributed by atoms with van der Waals surface area (Å²) in [5.74, 6) is 0. The second-order valence-electron chi connectivity index (χ2n) is 4.32. The lowest BCUT2D eigenvalue weighted by molar-refractivity contribution is 0.690. The summed E-state index contributed by atoms with van der Waals surface area (Å²) in [5, 5.41) is 3.29. The highest BCUT2D eigenvalue weighted by Gasteiger charge is 2.14. The molecule has 2 rings (SSSR count). The number of aromatic nitrogens is 1. The standard InChI is InChI=1S/C15H19N3/c1-3-11-4-6-12(7-5-11)15(17-2)13-10-18-9-8-14(13)16/h4-10,15,17H,3H2,1-2H3,(H2,16,18). The molecule has 3 N–H and O–H groups in total. The molecule has 0 amide bonds. The van der Waals surface area contributed by atoms with Crippen LogP contribution in [0.2, 0.25) is 0 Å². The quantitative estimate of drug-likeness (QED) is 0.865. The Balaban J connectivity index is 2.36. The highest BCUT2D eigenvalue weighted by atomic mass is 14.9. The Hall–Kier alpha value is -1.87. The number of rotatable bonds is 4. The first-order valence-corrected chi connectivity index (χ1v) is 6.21. The second-order valence-corrected chi connectivity index (χ2v) is 4.32. The fraction of sp³-hybridized carbons (Fsp3) is 0.267. The lowest BCUT2D eigenvalue weighted by Crippen LogP contribution is -2.19. The van der Waals surface area contributed by atoms with Gasteiger partial charge in [0.2, 0.25) is 0 Å². The van der Waals surface area contributed by atoms with Crippen molar-refractivity contribution in [1.29, 1.82) is 0 Å². The van der Waals surface area contributed by atoms with E-state index in [1.165, 1.54) is 11.1 Å². The Morgan fingerprint density at radius 3 is 2.50 bits per heavy atom. The van der Waals surface area contributed by atoms with Crippen LogP contribution in [0, 0.1) is 0 Å². The number of anilines is 1. The van der Waals surface area contributed by atoms with Crippen LogP contribution in [-0.4, -0.2) is 12.0 Å². The van der Waals surface area contributed by atoms with E-state index in [4.69, 9.17) is 5.73 Å². The first-order valence-electron chi connectivity index (χ1n) is 6.21. The van der Waals surface area contributed by atoms with Gasteiger partial charge in [0, 0.05) is 23.6 Å². The van der Waals surface area contributed by atoms with Gasteiger partial charge in [0.15, 0.2) is 0 Å². The van der Waals surface area contributed by atoms with Crippen molar-refractivity contribution in [3.05, 3.63) is 59.4 Å². The molecule has 0 aliphatic rings. The molecule has 0 saturated carbocycles. The minimum Gasteiger partial charge on any atom is -0.398 e. The lowest BCUT2D eigenvalue weighted by atomic mass is 9.97. The molecule has 0 radical (unpaired) electrons. The van der Waals surface area contributed by atoms with E-state index in [1.54, 1.807) is 6.20 Å². The fourth-order valence-electron chi connectivity index (χ4n) is 2.11. The molecule has 1 unspecified atom stereocenters. The van der Waals surface area contributed by atoms with Crippen molar-refractivity contribution in [2.24, 2.45) is 0 Å². The van der Waals surface area contributed by atoms with Gasteiger partial charge in [-0.15, -0.1) is 0 Å². The Bertz CT molecular complexity index is 505. The van der Waals surface area contributed by atoms with Crippen molar-refractivity contribution in [2.45, 2.75) is 19.4 Å².